The molecule has 0 aliphatic carbocycles. The normalized spacial score (nSPS) is 11.4. The summed E-state index contributed by atoms with van der Waals surface area (Å²) in [6.45, 7) is 6.55. The highest BCUT2D eigenvalue weighted by molar-refractivity contribution is 7.93. The second-order valence-corrected chi connectivity index (χ2v) is 10.2. The Morgan fingerprint density at radius 2 is 1.88 bits per heavy atom. The number of aryl methyl sites for hydroxylation is 3. The fraction of sp³-hybridized carbons (Fsp3) is 0.250. The van der Waals surface area contributed by atoms with Crippen LogP contribution >= 0.6 is 22.9 Å². The van der Waals surface area contributed by atoms with E-state index in [1.54, 1.807) is 26.8 Å². The summed E-state index contributed by atoms with van der Waals surface area (Å²) in [5, 5.41) is 24.3. The van der Waals surface area contributed by atoms with E-state index < -0.39 is 22.1 Å². The lowest BCUT2D eigenvalue weighted by atomic mass is 9.94. The second kappa shape index (κ2) is 9.04. The smallest absolute Gasteiger partial charge is 0.417 e. The molecule has 2 heterocycles. The van der Waals surface area contributed by atoms with Crippen LogP contribution in [0.5, 0.6) is 0 Å². The number of halogens is 1. The number of carboxylic acid groups (broad SMARTS) is 2. The molecule has 0 atom stereocenters. The van der Waals surface area contributed by atoms with Gasteiger partial charge in [-0.25, -0.2) is 22.8 Å². The summed E-state index contributed by atoms with van der Waals surface area (Å²) in [4.78, 5) is 24.2. The van der Waals surface area contributed by atoms with E-state index in [-0.39, 0.29) is 38.6 Å². The summed E-state index contributed by atoms with van der Waals surface area (Å²) < 4.78 is 33.3. The van der Waals surface area contributed by atoms with Crippen LogP contribution in [0.2, 0.25) is 5.02 Å². The predicted molar refractivity (Wildman–Crippen MR) is 124 cm³/mol. The minimum atomic E-state index is -4.32. The molecule has 0 saturated carbocycles. The number of aromatic nitrogens is 1. The number of sulfonamides is 1. The molecule has 3 N–H and O–H groups in total. The van der Waals surface area contributed by atoms with Crippen molar-refractivity contribution < 1.29 is 32.7 Å². The Bertz CT molecular complexity index is 1360. The van der Waals surface area contributed by atoms with E-state index in [0.29, 0.717) is 22.3 Å². The number of thiophene rings is 1. The highest BCUT2D eigenvalue weighted by Gasteiger charge is 2.32. The highest BCUT2D eigenvalue weighted by atomic mass is 35.5. The predicted octanol–water partition coefficient (Wildman–Crippen LogP) is 4.87. The Kier molecular flexibility index (Phi) is 6.73. The van der Waals surface area contributed by atoms with E-state index in [4.69, 9.17) is 16.1 Å². The van der Waals surface area contributed by atoms with Crippen LogP contribution in [0.4, 0.5) is 21.4 Å². The zero-order valence-corrected chi connectivity index (χ0v) is 20.4. The van der Waals surface area contributed by atoms with Crippen molar-refractivity contribution in [3.8, 4) is 0 Å². The van der Waals surface area contributed by atoms with Gasteiger partial charge in [0, 0.05) is 0 Å². The summed E-state index contributed by atoms with van der Waals surface area (Å²) in [7, 11) is -4.32. The lowest BCUT2D eigenvalue weighted by molar-refractivity contribution is -0.136. The Hall–Kier alpha value is -3.09. The minimum absolute atomic E-state index is 0.0195. The van der Waals surface area contributed by atoms with Crippen molar-refractivity contribution in [2.45, 2.75) is 39.0 Å². The number of nitrogens with zero attached hydrogens (tertiary/aromatic N) is 2. The number of nitrogens with one attached hydrogen (secondary N) is 1. The molecule has 13 heteroatoms. The molecule has 3 aromatic rings. The number of amides is 1. The molecule has 0 spiro atoms. The van der Waals surface area contributed by atoms with Crippen LogP contribution in [0.25, 0.3) is 0 Å². The molecule has 33 heavy (non-hydrogen) atoms. The van der Waals surface area contributed by atoms with E-state index in [2.05, 4.69) is 9.88 Å². The van der Waals surface area contributed by atoms with Gasteiger partial charge in [0.15, 0.2) is 0 Å². The first-order valence-electron chi connectivity index (χ1n) is 9.41. The molecular weight excluding hydrogens is 494 g/mol. The summed E-state index contributed by atoms with van der Waals surface area (Å²) in [6, 6.07) is 2.93. The van der Waals surface area contributed by atoms with Crippen LogP contribution in [0.3, 0.4) is 0 Å². The summed E-state index contributed by atoms with van der Waals surface area (Å²) in [5.41, 5.74) is 2.59. The first kappa shape index (κ1) is 24.6. The Balaban J connectivity index is 2.17. The summed E-state index contributed by atoms with van der Waals surface area (Å²) in [5.74, 6) is -1.36. The van der Waals surface area contributed by atoms with Crippen LogP contribution < -0.4 is 9.62 Å². The van der Waals surface area contributed by atoms with Gasteiger partial charge in [0.1, 0.15) is 20.6 Å². The van der Waals surface area contributed by atoms with Crippen molar-refractivity contribution in [2.24, 2.45) is 0 Å². The zero-order valence-electron chi connectivity index (χ0n) is 18.0. The van der Waals surface area contributed by atoms with Crippen molar-refractivity contribution >= 4 is 61.6 Å². The van der Waals surface area contributed by atoms with Crippen molar-refractivity contribution in [2.75, 3.05) is 9.62 Å². The number of hydrogen-bond donors (Lipinski definition) is 3. The molecule has 0 saturated heterocycles. The van der Waals surface area contributed by atoms with Gasteiger partial charge >= 0.3 is 12.1 Å². The van der Waals surface area contributed by atoms with Gasteiger partial charge in [0.05, 0.1) is 12.1 Å². The van der Waals surface area contributed by atoms with E-state index >= 15 is 0 Å². The van der Waals surface area contributed by atoms with E-state index in [1.165, 1.54) is 18.4 Å². The molecular formula is C20H20ClN3O7S2. The topological polar surface area (TPSA) is 150 Å². The third-order valence-corrected chi connectivity index (χ3v) is 7.79. The number of anilines is 3. The monoisotopic (exact) mass is 513 g/mol. The molecule has 0 unspecified atom stereocenters. The van der Waals surface area contributed by atoms with Gasteiger partial charge in [-0.1, -0.05) is 22.8 Å². The van der Waals surface area contributed by atoms with Gasteiger partial charge in [-0.2, -0.15) is 0 Å². The van der Waals surface area contributed by atoms with Crippen LogP contribution in [0.15, 0.2) is 26.9 Å². The van der Waals surface area contributed by atoms with Crippen molar-refractivity contribution in [1.82, 2.24) is 5.16 Å². The van der Waals surface area contributed by atoms with Crippen LogP contribution in [-0.2, 0) is 21.2 Å². The van der Waals surface area contributed by atoms with Crippen molar-refractivity contribution in [3.05, 3.63) is 50.5 Å². The molecule has 2 aromatic heterocycles. The van der Waals surface area contributed by atoms with Gasteiger partial charge in [-0.15, -0.1) is 11.3 Å². The fourth-order valence-electron chi connectivity index (χ4n) is 3.52. The molecule has 0 fully saturated rings. The number of hydrogen-bond acceptors (Lipinski definition) is 7. The maximum Gasteiger partial charge on any atom is 0.417 e. The van der Waals surface area contributed by atoms with Gasteiger partial charge in [0.2, 0.25) is 0 Å². The number of benzene rings is 1. The molecule has 0 aliphatic rings. The highest BCUT2D eigenvalue weighted by Crippen LogP contribution is 2.42. The first-order chi connectivity index (χ1) is 15.3. The molecule has 1 amide bonds. The maximum atomic E-state index is 13.1. The molecule has 3 rings (SSSR count). The van der Waals surface area contributed by atoms with E-state index in [9.17, 15) is 28.2 Å². The second-order valence-electron chi connectivity index (χ2n) is 7.26. The lowest BCUT2D eigenvalue weighted by Crippen LogP contribution is -2.27. The molecule has 176 valence electrons. The van der Waals surface area contributed by atoms with E-state index in [1.807, 2.05) is 0 Å². The lowest BCUT2D eigenvalue weighted by Gasteiger charge is -2.25. The third-order valence-electron chi connectivity index (χ3n) is 4.95. The van der Waals surface area contributed by atoms with Crippen molar-refractivity contribution in [1.29, 1.82) is 0 Å². The minimum Gasteiger partial charge on any atom is -0.481 e. The molecule has 1 aromatic carbocycles. The first-order valence-corrected chi connectivity index (χ1v) is 12.2. The average Bonchev–Trinajstić information content (AvgIpc) is 3.30. The number of carbonyl (C=O) groups is 2. The summed E-state index contributed by atoms with van der Waals surface area (Å²) in [6.07, 6.45) is -1.74. The maximum absolute atomic E-state index is 13.1. The van der Waals surface area contributed by atoms with E-state index in [0.717, 1.165) is 16.2 Å². The third kappa shape index (κ3) is 4.68. The molecule has 0 bridgehead atoms. The van der Waals surface area contributed by atoms with Crippen LogP contribution in [-0.4, -0.2) is 35.9 Å². The molecule has 10 nitrogen and oxygen atoms in total. The Morgan fingerprint density at radius 1 is 1.21 bits per heavy atom. The van der Waals surface area contributed by atoms with Gasteiger partial charge in [-0.3, -0.25) is 4.79 Å². The quantitative estimate of drug-likeness (QED) is 0.405. The largest absolute Gasteiger partial charge is 0.481 e. The fourth-order valence-corrected chi connectivity index (χ4v) is 6.11. The Labute approximate surface area is 198 Å². The summed E-state index contributed by atoms with van der Waals surface area (Å²) >= 11 is 6.91. The SMILES string of the molecule is Cc1cc(C)c(N(C(=O)O)c2sccc2S(=O)(=O)Nc2onc(C)c2Cl)c(C)c1CC(=O)O. The number of aliphatic carboxylic acids is 1. The van der Waals surface area contributed by atoms with Gasteiger partial charge in [0.25, 0.3) is 15.9 Å². The molecule has 0 radical (unpaired) electrons. The van der Waals surface area contributed by atoms with Crippen LogP contribution in [0, 0.1) is 27.7 Å². The average molecular weight is 514 g/mol. The number of carboxylic acids is 1. The van der Waals surface area contributed by atoms with Crippen molar-refractivity contribution in [3.63, 3.8) is 0 Å². The number of rotatable bonds is 7. The molecule has 0 aliphatic heterocycles. The van der Waals surface area contributed by atoms with Crippen LogP contribution in [0.1, 0.15) is 27.9 Å². The Morgan fingerprint density at radius 3 is 2.42 bits per heavy atom. The standard InChI is InChI=1S/C20H20ClN3O7S2/c1-9-7-10(2)17(11(3)13(9)8-15(25)26)24(20(27)28)19-14(5-6-32-19)33(29,30)23-18-16(21)12(4)22-31-18/h5-7,23H,8H2,1-4H3,(H,25,26)(H,27,28). The van der Waals surface area contributed by atoms with Gasteiger partial charge < -0.3 is 14.7 Å². The van der Waals surface area contributed by atoms with Gasteiger partial charge in [-0.05, 0) is 61.4 Å². The zero-order chi connectivity index (χ0) is 24.7.